The van der Waals surface area contributed by atoms with Gasteiger partial charge in [-0.2, -0.15) is 0 Å². The number of furan rings is 1. The Kier molecular flexibility index (Phi) is 6.55. The third-order valence-corrected chi connectivity index (χ3v) is 6.18. The Labute approximate surface area is 187 Å². The molecule has 0 spiro atoms. The molecule has 0 aliphatic carbocycles. The average molecular weight is 439 g/mol. The van der Waals surface area contributed by atoms with Gasteiger partial charge in [0.15, 0.2) is 0 Å². The molecular formula is C25H30N2O5. The minimum absolute atomic E-state index is 0.00311. The van der Waals surface area contributed by atoms with E-state index in [-0.39, 0.29) is 11.3 Å². The van der Waals surface area contributed by atoms with Crippen LogP contribution in [-0.4, -0.2) is 41.9 Å². The zero-order valence-electron chi connectivity index (χ0n) is 18.8. The maximum atomic E-state index is 13.8. The van der Waals surface area contributed by atoms with Gasteiger partial charge in [0, 0.05) is 17.3 Å². The van der Waals surface area contributed by atoms with Gasteiger partial charge >= 0.3 is 0 Å². The molecule has 1 atom stereocenters. The summed E-state index contributed by atoms with van der Waals surface area (Å²) in [6.45, 7) is 3.80. The Morgan fingerprint density at radius 3 is 2.53 bits per heavy atom. The number of aryl methyl sites for hydroxylation is 1. The van der Waals surface area contributed by atoms with E-state index < -0.39 is 6.04 Å². The van der Waals surface area contributed by atoms with Crippen LogP contribution in [0.1, 0.15) is 47.9 Å². The van der Waals surface area contributed by atoms with E-state index in [4.69, 9.17) is 13.9 Å². The molecule has 2 aromatic heterocycles. The van der Waals surface area contributed by atoms with Gasteiger partial charge in [-0.25, -0.2) is 0 Å². The summed E-state index contributed by atoms with van der Waals surface area (Å²) in [6, 6.07) is 10.5. The molecule has 0 bridgehead atoms. The van der Waals surface area contributed by atoms with Crippen molar-refractivity contribution in [3.05, 3.63) is 75.6 Å². The standard InChI is InChI=1S/C25H30N2O5/c1-17-14-21(28)23(25(29)27(17)16-19-8-7-13-32-19)24(26-11-5-4-6-12-26)20-10-9-18(30-2)15-22(20)31-3/h7-10,13-15,24,28H,4-6,11-12,16H2,1-3H3/t24-/m0/s1. The molecule has 3 heterocycles. The SMILES string of the molecule is COc1ccc([C@@H](c2c(O)cc(C)n(Cc3ccco3)c2=O)N2CCCCC2)c(OC)c1. The highest BCUT2D eigenvalue weighted by Crippen LogP contribution is 2.40. The van der Waals surface area contributed by atoms with Crippen LogP contribution in [0.2, 0.25) is 0 Å². The lowest BCUT2D eigenvalue weighted by Crippen LogP contribution is -2.39. The number of ether oxygens (including phenoxy) is 2. The molecule has 3 aromatic rings. The van der Waals surface area contributed by atoms with Crippen molar-refractivity contribution < 1.29 is 19.0 Å². The zero-order valence-corrected chi connectivity index (χ0v) is 18.8. The van der Waals surface area contributed by atoms with E-state index in [1.807, 2.05) is 31.2 Å². The minimum Gasteiger partial charge on any atom is -0.507 e. The number of rotatable bonds is 7. The predicted molar refractivity (Wildman–Crippen MR) is 122 cm³/mol. The van der Waals surface area contributed by atoms with Gasteiger partial charge in [0.25, 0.3) is 5.56 Å². The van der Waals surface area contributed by atoms with E-state index in [0.29, 0.717) is 35.1 Å². The van der Waals surface area contributed by atoms with Gasteiger partial charge in [-0.1, -0.05) is 6.42 Å². The lowest BCUT2D eigenvalue weighted by molar-refractivity contribution is 0.180. The molecule has 0 unspecified atom stereocenters. The normalized spacial score (nSPS) is 15.5. The Morgan fingerprint density at radius 2 is 1.88 bits per heavy atom. The number of hydrogen-bond donors (Lipinski definition) is 1. The van der Waals surface area contributed by atoms with Gasteiger partial charge < -0.3 is 23.6 Å². The first-order valence-corrected chi connectivity index (χ1v) is 10.9. The minimum atomic E-state index is -0.438. The molecule has 0 radical (unpaired) electrons. The molecule has 7 nitrogen and oxygen atoms in total. The second-order valence-electron chi connectivity index (χ2n) is 8.16. The van der Waals surface area contributed by atoms with Crippen LogP contribution >= 0.6 is 0 Å². The molecule has 1 aromatic carbocycles. The second-order valence-corrected chi connectivity index (χ2v) is 8.16. The average Bonchev–Trinajstić information content (AvgIpc) is 3.33. The predicted octanol–water partition coefficient (Wildman–Crippen LogP) is 4.10. The molecule has 0 saturated carbocycles. The number of hydrogen-bond acceptors (Lipinski definition) is 6. The highest BCUT2D eigenvalue weighted by atomic mass is 16.5. The molecule has 1 aliphatic heterocycles. The van der Waals surface area contributed by atoms with Crippen LogP contribution in [0.5, 0.6) is 17.2 Å². The Morgan fingerprint density at radius 1 is 1.09 bits per heavy atom. The largest absolute Gasteiger partial charge is 0.507 e. The molecule has 1 N–H and O–H groups in total. The Balaban J connectivity index is 1.89. The maximum Gasteiger partial charge on any atom is 0.260 e. The van der Waals surface area contributed by atoms with E-state index >= 15 is 0 Å². The summed E-state index contributed by atoms with van der Waals surface area (Å²) in [5.41, 5.74) is 1.63. The summed E-state index contributed by atoms with van der Waals surface area (Å²) in [4.78, 5) is 16.0. The van der Waals surface area contributed by atoms with Gasteiger partial charge in [-0.3, -0.25) is 9.69 Å². The number of benzene rings is 1. The maximum absolute atomic E-state index is 13.8. The van der Waals surface area contributed by atoms with Crippen molar-refractivity contribution in [2.24, 2.45) is 0 Å². The fraction of sp³-hybridized carbons (Fsp3) is 0.400. The number of likely N-dealkylation sites (tertiary alicyclic amines) is 1. The summed E-state index contributed by atoms with van der Waals surface area (Å²) in [6.07, 6.45) is 4.84. The van der Waals surface area contributed by atoms with Crippen LogP contribution in [0.15, 0.2) is 51.9 Å². The summed E-state index contributed by atoms with van der Waals surface area (Å²) in [5.74, 6) is 1.98. The van der Waals surface area contributed by atoms with Crippen molar-refractivity contribution in [2.75, 3.05) is 27.3 Å². The van der Waals surface area contributed by atoms with Gasteiger partial charge in [-0.05, 0) is 63.2 Å². The van der Waals surface area contributed by atoms with E-state index in [9.17, 15) is 9.90 Å². The van der Waals surface area contributed by atoms with Gasteiger partial charge in [0.05, 0.1) is 38.6 Å². The molecular weight excluding hydrogens is 408 g/mol. The van der Waals surface area contributed by atoms with Gasteiger partial charge in [-0.15, -0.1) is 0 Å². The van der Waals surface area contributed by atoms with E-state index in [2.05, 4.69) is 4.90 Å². The first kappa shape index (κ1) is 22.0. The van der Waals surface area contributed by atoms with Crippen LogP contribution in [0, 0.1) is 6.92 Å². The molecule has 170 valence electrons. The van der Waals surface area contributed by atoms with Crippen molar-refractivity contribution in [3.63, 3.8) is 0 Å². The molecule has 32 heavy (non-hydrogen) atoms. The smallest absolute Gasteiger partial charge is 0.260 e. The number of nitrogens with zero attached hydrogens (tertiary/aromatic N) is 2. The van der Waals surface area contributed by atoms with Gasteiger partial charge in [0.2, 0.25) is 0 Å². The van der Waals surface area contributed by atoms with Crippen molar-refractivity contribution in [2.45, 2.75) is 38.8 Å². The van der Waals surface area contributed by atoms with Crippen LogP contribution in [-0.2, 0) is 6.54 Å². The molecule has 1 aliphatic rings. The lowest BCUT2D eigenvalue weighted by atomic mass is 9.93. The number of methoxy groups -OCH3 is 2. The molecule has 1 fully saturated rings. The van der Waals surface area contributed by atoms with E-state index in [0.717, 1.165) is 37.9 Å². The molecule has 4 rings (SSSR count). The quantitative estimate of drug-likeness (QED) is 0.599. The van der Waals surface area contributed by atoms with Crippen LogP contribution < -0.4 is 15.0 Å². The Bertz CT molecular complexity index is 1110. The number of piperidine rings is 1. The molecule has 7 heteroatoms. The fourth-order valence-electron chi connectivity index (χ4n) is 4.54. The second kappa shape index (κ2) is 9.53. The van der Waals surface area contributed by atoms with E-state index in [1.165, 1.54) is 0 Å². The van der Waals surface area contributed by atoms with Crippen LogP contribution in [0.25, 0.3) is 0 Å². The highest BCUT2D eigenvalue weighted by Gasteiger charge is 2.32. The summed E-state index contributed by atoms with van der Waals surface area (Å²) in [7, 11) is 3.21. The van der Waals surface area contributed by atoms with Crippen LogP contribution in [0.3, 0.4) is 0 Å². The lowest BCUT2D eigenvalue weighted by Gasteiger charge is -2.36. The summed E-state index contributed by atoms with van der Waals surface area (Å²) >= 11 is 0. The van der Waals surface area contributed by atoms with Crippen molar-refractivity contribution in [1.82, 2.24) is 9.47 Å². The third-order valence-electron chi connectivity index (χ3n) is 6.18. The number of aromatic nitrogens is 1. The fourth-order valence-corrected chi connectivity index (χ4v) is 4.54. The number of aromatic hydroxyl groups is 1. The van der Waals surface area contributed by atoms with Gasteiger partial charge in [0.1, 0.15) is 23.0 Å². The molecule has 1 saturated heterocycles. The van der Waals surface area contributed by atoms with E-state index in [1.54, 1.807) is 37.2 Å². The van der Waals surface area contributed by atoms with Crippen molar-refractivity contribution in [1.29, 1.82) is 0 Å². The summed E-state index contributed by atoms with van der Waals surface area (Å²) in [5, 5.41) is 11.0. The Hall–Kier alpha value is -3.19. The topological polar surface area (TPSA) is 77.1 Å². The zero-order chi connectivity index (χ0) is 22.7. The first-order chi connectivity index (χ1) is 15.5. The monoisotopic (exact) mass is 438 g/mol. The third kappa shape index (κ3) is 4.25. The highest BCUT2D eigenvalue weighted by molar-refractivity contribution is 5.49. The first-order valence-electron chi connectivity index (χ1n) is 10.9. The molecule has 0 amide bonds. The van der Waals surface area contributed by atoms with Crippen LogP contribution in [0.4, 0.5) is 0 Å². The number of pyridine rings is 1. The van der Waals surface area contributed by atoms with Crippen molar-refractivity contribution >= 4 is 0 Å². The summed E-state index contributed by atoms with van der Waals surface area (Å²) < 4.78 is 18.2. The van der Waals surface area contributed by atoms with Crippen molar-refractivity contribution in [3.8, 4) is 17.2 Å².